The van der Waals surface area contributed by atoms with Crippen LogP contribution in [-0.4, -0.2) is 31.8 Å². The second kappa shape index (κ2) is 8.99. The van der Waals surface area contributed by atoms with E-state index in [4.69, 9.17) is 4.42 Å². The van der Waals surface area contributed by atoms with E-state index in [0.717, 1.165) is 34.7 Å². The Morgan fingerprint density at radius 1 is 1.12 bits per heavy atom. The molecule has 0 saturated carbocycles. The van der Waals surface area contributed by atoms with Crippen LogP contribution in [0.4, 0.5) is 23.2 Å². The van der Waals surface area contributed by atoms with Gasteiger partial charge < -0.3 is 14.7 Å². The number of anilines is 1. The number of benzene rings is 2. The van der Waals surface area contributed by atoms with Crippen LogP contribution in [-0.2, 0) is 23.8 Å². The minimum Gasteiger partial charge on any atom is -0.416 e. The van der Waals surface area contributed by atoms with Gasteiger partial charge in [-0.2, -0.15) is 13.2 Å². The summed E-state index contributed by atoms with van der Waals surface area (Å²) in [5.74, 6) is -1.05. The highest BCUT2D eigenvalue weighted by atomic mass is 32.2. The van der Waals surface area contributed by atoms with Crippen LogP contribution in [0.3, 0.4) is 0 Å². The number of nitrogens with one attached hydrogen (secondary N) is 2. The SMILES string of the molecule is O=C(CSc1nnc(CCc2nc3ccccc3[nH]2)o1)Nc1ccc(F)c(C(F)(F)F)c1. The van der Waals surface area contributed by atoms with Crippen LogP contribution in [0.1, 0.15) is 17.3 Å². The van der Waals surface area contributed by atoms with Crippen LogP contribution in [0.5, 0.6) is 0 Å². The summed E-state index contributed by atoms with van der Waals surface area (Å²) in [5.41, 5.74) is 0.174. The molecule has 4 aromatic rings. The zero-order valence-electron chi connectivity index (χ0n) is 16.2. The molecular weight excluding hydrogens is 450 g/mol. The van der Waals surface area contributed by atoms with Crippen LogP contribution >= 0.6 is 11.8 Å². The summed E-state index contributed by atoms with van der Waals surface area (Å²) >= 11 is 0.935. The summed E-state index contributed by atoms with van der Waals surface area (Å²) in [6, 6.07) is 9.88. The zero-order chi connectivity index (χ0) is 22.7. The van der Waals surface area contributed by atoms with Crippen molar-refractivity contribution < 1.29 is 26.8 Å². The van der Waals surface area contributed by atoms with Crippen molar-refractivity contribution in [2.75, 3.05) is 11.1 Å². The molecule has 2 N–H and O–H groups in total. The molecule has 0 aliphatic rings. The fourth-order valence-electron chi connectivity index (χ4n) is 2.89. The van der Waals surface area contributed by atoms with E-state index in [1.165, 1.54) is 0 Å². The molecule has 166 valence electrons. The third kappa shape index (κ3) is 5.25. The zero-order valence-corrected chi connectivity index (χ0v) is 17.1. The molecule has 12 heteroatoms. The van der Waals surface area contributed by atoms with Gasteiger partial charge in [-0.1, -0.05) is 23.9 Å². The van der Waals surface area contributed by atoms with Gasteiger partial charge in [-0.3, -0.25) is 4.79 Å². The maximum Gasteiger partial charge on any atom is 0.419 e. The second-order valence-electron chi connectivity index (χ2n) is 6.69. The van der Waals surface area contributed by atoms with Gasteiger partial charge in [-0.25, -0.2) is 9.37 Å². The normalized spacial score (nSPS) is 11.8. The molecule has 0 saturated heterocycles. The number of carbonyl (C=O) groups is 1. The van der Waals surface area contributed by atoms with Crippen LogP contribution in [0, 0.1) is 5.82 Å². The van der Waals surface area contributed by atoms with Gasteiger partial charge in [-0.05, 0) is 30.3 Å². The van der Waals surface area contributed by atoms with Crippen molar-refractivity contribution in [1.29, 1.82) is 0 Å². The number of para-hydroxylation sites is 2. The van der Waals surface area contributed by atoms with E-state index in [1.54, 1.807) is 0 Å². The smallest absolute Gasteiger partial charge is 0.416 e. The first-order chi connectivity index (χ1) is 15.3. The van der Waals surface area contributed by atoms with Crippen LogP contribution in [0.15, 0.2) is 52.1 Å². The van der Waals surface area contributed by atoms with Gasteiger partial charge >= 0.3 is 6.18 Å². The first kappa shape index (κ1) is 21.8. The number of H-pyrrole nitrogens is 1. The minimum absolute atomic E-state index is 0.148. The number of hydrogen-bond donors (Lipinski definition) is 2. The van der Waals surface area contributed by atoms with Crippen molar-refractivity contribution in [3.8, 4) is 0 Å². The van der Waals surface area contributed by atoms with E-state index >= 15 is 0 Å². The number of hydrogen-bond acceptors (Lipinski definition) is 6. The topological polar surface area (TPSA) is 96.7 Å². The van der Waals surface area contributed by atoms with E-state index in [9.17, 15) is 22.4 Å². The Morgan fingerprint density at radius 2 is 1.94 bits per heavy atom. The molecule has 0 atom stereocenters. The van der Waals surface area contributed by atoms with Gasteiger partial charge in [0.15, 0.2) is 0 Å². The Balaban J connectivity index is 1.29. The highest BCUT2D eigenvalue weighted by Gasteiger charge is 2.34. The van der Waals surface area contributed by atoms with E-state index in [0.29, 0.717) is 30.9 Å². The first-order valence-corrected chi connectivity index (χ1v) is 10.3. The Bertz CT molecular complexity index is 1220. The molecule has 0 bridgehead atoms. The molecular formula is C20H15F4N5O2S. The van der Waals surface area contributed by atoms with Crippen molar-refractivity contribution in [1.82, 2.24) is 20.2 Å². The minimum atomic E-state index is -4.86. The average molecular weight is 465 g/mol. The van der Waals surface area contributed by atoms with Crippen molar-refractivity contribution in [2.45, 2.75) is 24.2 Å². The molecule has 7 nitrogen and oxygen atoms in total. The molecule has 0 unspecified atom stereocenters. The number of imidazole rings is 1. The quantitative estimate of drug-likeness (QED) is 0.305. The summed E-state index contributed by atoms with van der Waals surface area (Å²) < 4.78 is 57.1. The molecule has 1 amide bonds. The summed E-state index contributed by atoms with van der Waals surface area (Å²) in [5, 5.41) is 10.2. The average Bonchev–Trinajstić information content (AvgIpc) is 3.37. The highest BCUT2D eigenvalue weighted by molar-refractivity contribution is 7.99. The Labute approximate surface area is 182 Å². The van der Waals surface area contributed by atoms with E-state index < -0.39 is 23.5 Å². The van der Waals surface area contributed by atoms with Crippen molar-refractivity contribution >= 4 is 34.4 Å². The number of aromatic amines is 1. The lowest BCUT2D eigenvalue weighted by atomic mass is 10.2. The van der Waals surface area contributed by atoms with Gasteiger partial charge in [0.1, 0.15) is 11.6 Å². The number of nitrogens with zero attached hydrogens (tertiary/aromatic N) is 3. The Kier molecular flexibility index (Phi) is 6.12. The van der Waals surface area contributed by atoms with Crippen molar-refractivity contribution in [3.05, 3.63) is 65.6 Å². The molecule has 0 spiro atoms. The number of carbonyl (C=O) groups excluding carboxylic acids is 1. The highest BCUT2D eigenvalue weighted by Crippen LogP contribution is 2.33. The van der Waals surface area contributed by atoms with Crippen molar-refractivity contribution in [3.63, 3.8) is 0 Å². The lowest BCUT2D eigenvalue weighted by molar-refractivity contribution is -0.140. The number of fused-ring (bicyclic) bond motifs is 1. The molecule has 32 heavy (non-hydrogen) atoms. The van der Waals surface area contributed by atoms with Crippen LogP contribution in [0.2, 0.25) is 0 Å². The number of aromatic nitrogens is 4. The number of thioether (sulfide) groups is 1. The molecule has 0 fully saturated rings. The lowest BCUT2D eigenvalue weighted by Gasteiger charge is -2.10. The van der Waals surface area contributed by atoms with Gasteiger partial charge in [-0.15, -0.1) is 10.2 Å². The largest absolute Gasteiger partial charge is 0.419 e. The number of rotatable bonds is 7. The lowest BCUT2D eigenvalue weighted by Crippen LogP contribution is -2.15. The number of halogens is 4. The van der Waals surface area contributed by atoms with Gasteiger partial charge in [0.2, 0.25) is 11.8 Å². The fourth-order valence-corrected chi connectivity index (χ4v) is 3.47. The number of aryl methyl sites for hydroxylation is 2. The van der Waals surface area contributed by atoms with E-state index in [-0.39, 0.29) is 16.7 Å². The molecule has 2 aromatic heterocycles. The standard InChI is InChI=1S/C20H15F4N5O2S/c21-13-6-5-11(9-12(13)20(22,23)24)25-17(30)10-32-19-29-28-18(31-19)8-7-16-26-14-3-1-2-4-15(14)27-16/h1-6,9H,7-8,10H2,(H,25,30)(H,26,27). The maximum atomic E-state index is 13.3. The predicted molar refractivity (Wildman–Crippen MR) is 109 cm³/mol. The molecule has 2 heterocycles. The van der Waals surface area contributed by atoms with Crippen LogP contribution in [0.25, 0.3) is 11.0 Å². The van der Waals surface area contributed by atoms with E-state index in [2.05, 4.69) is 25.5 Å². The van der Waals surface area contributed by atoms with Crippen LogP contribution < -0.4 is 5.32 Å². The predicted octanol–water partition coefficient (Wildman–Crippen LogP) is 4.62. The van der Waals surface area contributed by atoms with Gasteiger partial charge in [0, 0.05) is 18.5 Å². The fraction of sp³-hybridized carbons (Fsp3) is 0.200. The maximum absolute atomic E-state index is 13.3. The molecule has 0 radical (unpaired) electrons. The Hall–Kier alpha value is -3.41. The Morgan fingerprint density at radius 3 is 2.72 bits per heavy atom. The van der Waals surface area contributed by atoms with Gasteiger partial charge in [0.05, 0.1) is 22.3 Å². The third-order valence-corrected chi connectivity index (χ3v) is 5.16. The second-order valence-corrected chi connectivity index (χ2v) is 7.62. The van der Waals surface area contributed by atoms with E-state index in [1.807, 2.05) is 24.3 Å². The number of amides is 1. The first-order valence-electron chi connectivity index (χ1n) is 9.33. The monoisotopic (exact) mass is 465 g/mol. The molecule has 4 rings (SSSR count). The summed E-state index contributed by atoms with van der Waals surface area (Å²) in [7, 11) is 0. The van der Waals surface area contributed by atoms with Gasteiger partial charge in [0.25, 0.3) is 5.22 Å². The molecule has 2 aromatic carbocycles. The summed E-state index contributed by atoms with van der Waals surface area (Å²) in [4.78, 5) is 19.7. The summed E-state index contributed by atoms with van der Waals surface area (Å²) in [6.45, 7) is 0. The summed E-state index contributed by atoms with van der Waals surface area (Å²) in [6.07, 6.45) is -3.87. The molecule has 0 aliphatic carbocycles. The molecule has 0 aliphatic heterocycles. The van der Waals surface area contributed by atoms with Crippen molar-refractivity contribution in [2.24, 2.45) is 0 Å². The third-order valence-electron chi connectivity index (χ3n) is 4.34. The number of alkyl halides is 3.